The summed E-state index contributed by atoms with van der Waals surface area (Å²) < 4.78 is 0. The van der Waals surface area contributed by atoms with Crippen LogP contribution < -0.4 is 4.90 Å². The first-order valence-corrected chi connectivity index (χ1v) is 5.52. The molecule has 1 aliphatic rings. The Morgan fingerprint density at radius 2 is 2.00 bits per heavy atom. The van der Waals surface area contributed by atoms with Gasteiger partial charge in [0.2, 0.25) is 0 Å². The van der Waals surface area contributed by atoms with Gasteiger partial charge in [0.15, 0.2) is 0 Å². The van der Waals surface area contributed by atoms with Crippen molar-refractivity contribution in [2.75, 3.05) is 11.4 Å². The summed E-state index contributed by atoms with van der Waals surface area (Å²) in [6.07, 6.45) is 0. The van der Waals surface area contributed by atoms with Crippen LogP contribution in [0.3, 0.4) is 0 Å². The Morgan fingerprint density at radius 1 is 1.31 bits per heavy atom. The lowest BCUT2D eigenvalue weighted by Gasteiger charge is -2.31. The highest BCUT2D eigenvalue weighted by Crippen LogP contribution is 2.49. The molecule has 1 heterocycles. The molecule has 2 heteroatoms. The zero-order valence-electron chi connectivity index (χ0n) is 8.37. The number of fused-ring (bicyclic) bond motifs is 1. The van der Waals surface area contributed by atoms with Crippen molar-refractivity contribution in [3.8, 4) is 0 Å². The normalized spacial score (nSPS) is 18.8. The molecule has 1 aromatic rings. The Morgan fingerprint density at radius 3 is 2.69 bits per heavy atom. The second-order valence-corrected chi connectivity index (χ2v) is 5.40. The van der Waals surface area contributed by atoms with Gasteiger partial charge in [0, 0.05) is 11.4 Å². The Bertz CT molecular complexity index is 320. The predicted octanol–water partition coefficient (Wildman–Crippen LogP) is 3.35. The number of anilines is 1. The summed E-state index contributed by atoms with van der Waals surface area (Å²) in [5.41, 5.74) is 1.39. The van der Waals surface area contributed by atoms with Crippen LogP contribution in [-0.4, -0.2) is 11.4 Å². The van der Waals surface area contributed by atoms with E-state index in [4.69, 9.17) is 0 Å². The van der Waals surface area contributed by atoms with Crippen LogP contribution in [0, 0.1) is 0 Å². The van der Waals surface area contributed by atoms with Gasteiger partial charge in [0.25, 0.3) is 0 Å². The van der Waals surface area contributed by atoms with Crippen molar-refractivity contribution in [1.29, 1.82) is 0 Å². The van der Waals surface area contributed by atoms with Crippen LogP contribution in [0.2, 0.25) is 0 Å². The largest absolute Gasteiger partial charge is 0.356 e. The van der Waals surface area contributed by atoms with Crippen molar-refractivity contribution in [3.63, 3.8) is 0 Å². The van der Waals surface area contributed by atoms with E-state index in [0.29, 0.717) is 0 Å². The molecule has 1 nitrogen and oxygen atoms in total. The zero-order valence-corrected chi connectivity index (χ0v) is 9.19. The van der Waals surface area contributed by atoms with E-state index in [-0.39, 0.29) is 4.87 Å². The average molecular weight is 193 g/mol. The third kappa shape index (κ3) is 1.33. The number of benzene rings is 1. The van der Waals surface area contributed by atoms with Gasteiger partial charge in [-0.15, -0.1) is 0 Å². The van der Waals surface area contributed by atoms with Gasteiger partial charge in [-0.3, -0.25) is 0 Å². The van der Waals surface area contributed by atoms with Gasteiger partial charge in [0.1, 0.15) is 0 Å². The molecule has 0 amide bonds. The highest BCUT2D eigenvalue weighted by atomic mass is 32.2. The smallest absolute Gasteiger partial charge is 0.0851 e. The minimum Gasteiger partial charge on any atom is -0.356 e. The molecule has 1 aromatic carbocycles. The molecule has 1 aliphatic heterocycles. The van der Waals surface area contributed by atoms with Crippen molar-refractivity contribution >= 4 is 17.4 Å². The fourth-order valence-corrected chi connectivity index (χ4v) is 3.24. The van der Waals surface area contributed by atoms with Gasteiger partial charge in [-0.05, 0) is 32.9 Å². The van der Waals surface area contributed by atoms with Crippen LogP contribution in [0.15, 0.2) is 29.2 Å². The van der Waals surface area contributed by atoms with Crippen molar-refractivity contribution in [3.05, 3.63) is 24.3 Å². The lowest BCUT2D eigenvalue weighted by atomic mass is 10.2. The molecule has 2 rings (SSSR count). The van der Waals surface area contributed by atoms with Crippen molar-refractivity contribution in [2.24, 2.45) is 0 Å². The molecule has 70 valence electrons. The molecular weight excluding hydrogens is 178 g/mol. The highest BCUT2D eigenvalue weighted by molar-refractivity contribution is 8.01. The van der Waals surface area contributed by atoms with E-state index >= 15 is 0 Å². The second-order valence-electron chi connectivity index (χ2n) is 3.76. The third-order valence-corrected chi connectivity index (χ3v) is 3.77. The van der Waals surface area contributed by atoms with Crippen molar-refractivity contribution < 1.29 is 0 Å². The summed E-state index contributed by atoms with van der Waals surface area (Å²) in [4.78, 5) is 4.08. The van der Waals surface area contributed by atoms with Gasteiger partial charge in [0.05, 0.1) is 10.6 Å². The number of nitrogens with zero attached hydrogens (tertiary/aromatic N) is 1. The van der Waals surface area contributed by atoms with E-state index in [2.05, 4.69) is 49.9 Å². The Kier molecular flexibility index (Phi) is 2.03. The summed E-state index contributed by atoms with van der Waals surface area (Å²) in [6.45, 7) is 7.85. The number of hydrogen-bond acceptors (Lipinski definition) is 2. The summed E-state index contributed by atoms with van der Waals surface area (Å²) in [6, 6.07) is 8.64. The van der Waals surface area contributed by atoms with E-state index < -0.39 is 0 Å². The fourth-order valence-electron chi connectivity index (χ4n) is 1.93. The number of hydrogen-bond donors (Lipinski definition) is 0. The van der Waals surface area contributed by atoms with E-state index in [1.54, 1.807) is 0 Å². The zero-order chi connectivity index (χ0) is 9.47. The highest BCUT2D eigenvalue weighted by Gasteiger charge is 2.35. The molecule has 0 radical (unpaired) electrons. The van der Waals surface area contributed by atoms with Crippen LogP contribution in [0.25, 0.3) is 0 Å². The summed E-state index contributed by atoms with van der Waals surface area (Å²) in [5.74, 6) is 0. The van der Waals surface area contributed by atoms with E-state index in [0.717, 1.165) is 6.54 Å². The molecular formula is C11H15NS. The molecule has 0 atom stereocenters. The van der Waals surface area contributed by atoms with Gasteiger partial charge in [-0.1, -0.05) is 23.9 Å². The lowest BCUT2D eigenvalue weighted by molar-refractivity contribution is 0.661. The Labute approximate surface area is 84.1 Å². The maximum Gasteiger partial charge on any atom is 0.0851 e. The predicted molar refractivity (Wildman–Crippen MR) is 59.4 cm³/mol. The van der Waals surface area contributed by atoms with Gasteiger partial charge in [-0.25, -0.2) is 0 Å². The maximum atomic E-state index is 2.45. The molecule has 0 N–H and O–H groups in total. The Balaban J connectivity index is 2.46. The average Bonchev–Trinajstić information content (AvgIpc) is 2.33. The lowest BCUT2D eigenvalue weighted by Crippen LogP contribution is -2.37. The number of rotatable bonds is 1. The summed E-state index contributed by atoms with van der Waals surface area (Å²) in [5, 5.41) is 0. The van der Waals surface area contributed by atoms with Crippen LogP contribution in [0.5, 0.6) is 0 Å². The van der Waals surface area contributed by atoms with E-state index in [1.165, 1.54) is 10.6 Å². The first-order chi connectivity index (χ1) is 6.15. The van der Waals surface area contributed by atoms with Crippen LogP contribution >= 0.6 is 11.8 Å². The first-order valence-electron chi connectivity index (χ1n) is 4.71. The monoisotopic (exact) mass is 193 g/mol. The quantitative estimate of drug-likeness (QED) is 0.673. The Hall–Kier alpha value is -0.630. The van der Waals surface area contributed by atoms with Crippen molar-refractivity contribution in [1.82, 2.24) is 0 Å². The summed E-state index contributed by atoms with van der Waals surface area (Å²) >= 11 is 1.95. The molecule has 0 unspecified atom stereocenters. The molecule has 13 heavy (non-hydrogen) atoms. The third-order valence-electron chi connectivity index (χ3n) is 2.48. The topological polar surface area (TPSA) is 3.24 Å². The molecule has 0 saturated heterocycles. The fraction of sp³-hybridized carbons (Fsp3) is 0.455. The van der Waals surface area contributed by atoms with Crippen LogP contribution in [-0.2, 0) is 0 Å². The molecule has 0 bridgehead atoms. The first kappa shape index (κ1) is 8.95. The molecule has 0 aliphatic carbocycles. The maximum absolute atomic E-state index is 2.45. The molecule has 0 saturated carbocycles. The molecule has 0 spiro atoms. The molecule has 0 aromatic heterocycles. The van der Waals surface area contributed by atoms with Crippen molar-refractivity contribution in [2.45, 2.75) is 30.5 Å². The van der Waals surface area contributed by atoms with Gasteiger partial charge < -0.3 is 4.90 Å². The van der Waals surface area contributed by atoms with Gasteiger partial charge in [-0.2, -0.15) is 0 Å². The standard InChI is InChI=1S/C11H15NS/c1-4-12-9-7-5-6-8-10(9)13-11(12,2)3/h5-8H,4H2,1-3H3. The van der Waals surface area contributed by atoms with Crippen LogP contribution in [0.4, 0.5) is 5.69 Å². The van der Waals surface area contributed by atoms with Crippen LogP contribution in [0.1, 0.15) is 20.8 Å². The summed E-state index contributed by atoms with van der Waals surface area (Å²) in [7, 11) is 0. The molecule has 0 fully saturated rings. The van der Waals surface area contributed by atoms with E-state index in [9.17, 15) is 0 Å². The van der Waals surface area contributed by atoms with E-state index in [1.807, 2.05) is 11.8 Å². The minimum absolute atomic E-state index is 0.221. The number of thioether (sulfide) groups is 1. The SMILES string of the molecule is CCN1c2ccccc2SC1(C)C. The number of para-hydroxylation sites is 1. The van der Waals surface area contributed by atoms with Gasteiger partial charge >= 0.3 is 0 Å². The minimum atomic E-state index is 0.221. The second kappa shape index (κ2) is 2.95.